The molecule has 3 aromatic heterocycles. The van der Waals surface area contributed by atoms with E-state index in [0.717, 1.165) is 23.5 Å². The van der Waals surface area contributed by atoms with Gasteiger partial charge < -0.3 is 18.6 Å². The Morgan fingerprint density at radius 3 is 0.794 bits per heavy atom. The first-order valence-corrected chi connectivity index (χ1v) is 47.1. The minimum Gasteiger partial charge on any atom is -0.313 e. The predicted octanol–water partition coefficient (Wildman–Crippen LogP) is 35.6. The van der Waals surface area contributed by atoms with Crippen LogP contribution in [-0.2, 0) is 0 Å². The van der Waals surface area contributed by atoms with Crippen molar-refractivity contribution in [3.05, 3.63) is 545 Å². The maximum absolute atomic E-state index is 2.46. The Kier molecular flexibility index (Phi) is 20.4. The lowest BCUT2D eigenvalue weighted by Crippen LogP contribution is -2.15. The van der Waals surface area contributed by atoms with Crippen LogP contribution in [0, 0.1) is 0 Å². The van der Waals surface area contributed by atoms with Crippen LogP contribution in [-0.4, -0.2) is 13.7 Å². The van der Waals surface area contributed by atoms with Gasteiger partial charge >= 0.3 is 0 Å². The van der Waals surface area contributed by atoms with E-state index in [4.69, 9.17) is 0 Å². The zero-order valence-electron chi connectivity index (χ0n) is 74.8. The van der Waals surface area contributed by atoms with Crippen molar-refractivity contribution in [1.82, 2.24) is 13.7 Å². The molecule has 0 spiro atoms. The lowest BCUT2D eigenvalue weighted by Gasteiger charge is -2.26. The normalized spacial score (nSPS) is 12.8. The van der Waals surface area contributed by atoms with Crippen LogP contribution in [0.5, 0.6) is 0 Å². The Labute approximate surface area is 791 Å². The maximum Gasteiger partial charge on any atom is 0.0541 e. The number of rotatable bonds is 16. The summed E-state index contributed by atoms with van der Waals surface area (Å²) in [6.07, 6.45) is 5.67. The minimum absolute atomic E-state index is 0.284. The maximum atomic E-state index is 2.46. The van der Waals surface area contributed by atoms with Crippen LogP contribution in [0.1, 0.15) is 23.5 Å². The van der Waals surface area contributed by atoms with Gasteiger partial charge in [0.2, 0.25) is 0 Å². The molecule has 21 aromatic carbocycles. The van der Waals surface area contributed by atoms with Crippen LogP contribution >= 0.6 is 0 Å². The van der Waals surface area contributed by atoms with E-state index in [9.17, 15) is 0 Å². The zero-order chi connectivity index (χ0) is 89.9. The highest BCUT2D eigenvalue weighted by atomic mass is 15.2. The summed E-state index contributed by atoms with van der Waals surface area (Å²) in [7, 11) is 0. The van der Waals surface area contributed by atoms with Gasteiger partial charge in [0.15, 0.2) is 0 Å². The Balaban J connectivity index is 0.000000145. The van der Waals surface area contributed by atoms with Crippen molar-refractivity contribution >= 4 is 82.4 Å². The van der Waals surface area contributed by atoms with Crippen molar-refractivity contribution in [2.45, 2.75) is 12.3 Å². The summed E-state index contributed by atoms with van der Waals surface area (Å²) in [5.74, 6) is 0.284. The molecule has 0 N–H and O–H groups in total. The fourth-order valence-corrected chi connectivity index (χ4v) is 21.1. The first-order chi connectivity index (χ1) is 67.4. The molecule has 24 aromatic rings. The molecule has 2 aliphatic rings. The van der Waals surface area contributed by atoms with Gasteiger partial charge in [0.05, 0.1) is 33.1 Å². The minimum atomic E-state index is 0.284. The van der Waals surface area contributed by atoms with E-state index >= 15 is 0 Å². The highest BCUT2D eigenvalue weighted by Crippen LogP contribution is 2.54. The molecule has 638 valence electrons. The van der Waals surface area contributed by atoms with Crippen molar-refractivity contribution in [3.63, 3.8) is 0 Å². The number of anilines is 2. The van der Waals surface area contributed by atoms with Gasteiger partial charge in [-0.1, -0.05) is 388 Å². The van der Waals surface area contributed by atoms with Crippen LogP contribution in [0.25, 0.3) is 210 Å². The average Bonchev–Trinajstić information content (AvgIpc) is 1.59. The number of aromatic nitrogens is 3. The standard InChI is InChI=1S/C66H44N2.C66H46N2/c1-3-14-45(15-4-1)47-32-36-57(37-33-47)67-63-26-9-7-24-59(63)61-43-55(34-38-65(61)67)56-35-39-66-62(44-56)60-25-8-10-27-64(60)68(66)58-23-13-22-54(42-58)49-30-28-48(29-31-49)51-19-12-21-53(41-51)52-20-11-18-50(40-52)46-16-5-2-6-17-46;1-3-13-45(14-4-1)48-29-35-57(36-30-48)67-63-23-9-7-21-59(63)61-43-55(33-39-65(61)67)56-34-40-66-62(44-56)60-22-8-10-24-64(60)68(66)58-37-31-49(32-38-58)47-25-27-50(28-26-47)52-18-12-20-54(42-52)53-19-11-17-51(41-53)46-15-5-2-6-16-46/h1-44H;1-42,44,61H,43H2. The molecule has 1 aliphatic heterocycles. The van der Waals surface area contributed by atoms with Crippen LogP contribution < -0.4 is 4.90 Å². The van der Waals surface area contributed by atoms with Crippen LogP contribution in [0.4, 0.5) is 11.4 Å². The fraction of sp³-hybridized carbons (Fsp3) is 0.0152. The lowest BCUT2D eigenvalue weighted by atomic mass is 9.84. The Hall–Kier alpha value is -17.7. The molecular weight excluding hydrogens is 1640 g/mol. The Morgan fingerprint density at radius 1 is 0.154 bits per heavy atom. The predicted molar refractivity (Wildman–Crippen MR) is 574 cm³/mol. The van der Waals surface area contributed by atoms with Crippen molar-refractivity contribution < 1.29 is 0 Å². The van der Waals surface area contributed by atoms with E-state index in [1.54, 1.807) is 0 Å². The van der Waals surface area contributed by atoms with Crippen LogP contribution in [0.15, 0.2) is 533 Å². The molecule has 0 radical (unpaired) electrons. The van der Waals surface area contributed by atoms with Crippen LogP contribution in [0.3, 0.4) is 0 Å². The van der Waals surface area contributed by atoms with E-state index in [-0.39, 0.29) is 5.92 Å². The lowest BCUT2D eigenvalue weighted by molar-refractivity contribution is 0.832. The first kappa shape index (κ1) is 80.4. The highest BCUT2D eigenvalue weighted by molar-refractivity contribution is 6.14. The fourth-order valence-electron chi connectivity index (χ4n) is 21.1. The van der Waals surface area contributed by atoms with E-state index in [0.29, 0.717) is 0 Å². The van der Waals surface area contributed by atoms with Gasteiger partial charge in [-0.05, 0) is 285 Å². The van der Waals surface area contributed by atoms with Crippen molar-refractivity contribution in [2.75, 3.05) is 4.90 Å². The summed E-state index contributed by atoms with van der Waals surface area (Å²) in [6.45, 7) is 0. The molecule has 4 heteroatoms. The van der Waals surface area contributed by atoms with Gasteiger partial charge in [-0.15, -0.1) is 0 Å². The second-order valence-electron chi connectivity index (χ2n) is 35.8. The molecule has 1 unspecified atom stereocenters. The number of benzene rings is 21. The molecule has 1 aliphatic carbocycles. The summed E-state index contributed by atoms with van der Waals surface area (Å²) >= 11 is 0. The van der Waals surface area contributed by atoms with E-state index < -0.39 is 0 Å². The summed E-state index contributed by atoms with van der Waals surface area (Å²) in [5, 5.41) is 7.51. The Bertz CT molecular complexity index is 8740. The number of allylic oxidation sites excluding steroid dienone is 4. The summed E-state index contributed by atoms with van der Waals surface area (Å²) in [6, 6.07) is 188. The van der Waals surface area contributed by atoms with E-state index in [1.165, 1.54) is 222 Å². The van der Waals surface area contributed by atoms with E-state index in [1.807, 2.05) is 0 Å². The highest BCUT2D eigenvalue weighted by Gasteiger charge is 2.37. The number of hydrogen-bond donors (Lipinski definition) is 0. The topological polar surface area (TPSA) is 18.0 Å². The van der Waals surface area contributed by atoms with Gasteiger partial charge in [-0.3, -0.25) is 0 Å². The van der Waals surface area contributed by atoms with Gasteiger partial charge in [0, 0.05) is 72.4 Å². The van der Waals surface area contributed by atoms with E-state index in [2.05, 4.69) is 546 Å². The van der Waals surface area contributed by atoms with Crippen molar-refractivity contribution in [1.29, 1.82) is 0 Å². The molecule has 136 heavy (non-hydrogen) atoms. The molecule has 26 rings (SSSR count). The second kappa shape index (κ2) is 34.5. The third kappa shape index (κ3) is 14.9. The molecule has 1 atom stereocenters. The molecule has 0 bridgehead atoms. The monoisotopic (exact) mass is 1730 g/mol. The first-order valence-electron chi connectivity index (χ1n) is 47.1. The molecule has 0 saturated heterocycles. The Morgan fingerprint density at radius 2 is 0.404 bits per heavy atom. The van der Waals surface area contributed by atoms with Crippen molar-refractivity contribution in [3.8, 4) is 139 Å². The van der Waals surface area contributed by atoms with Crippen molar-refractivity contribution in [2.24, 2.45) is 0 Å². The number of fused-ring (bicyclic) bond motifs is 12. The average molecular weight is 1730 g/mol. The smallest absolute Gasteiger partial charge is 0.0541 e. The van der Waals surface area contributed by atoms with Gasteiger partial charge in [-0.25, -0.2) is 0 Å². The molecule has 0 saturated carbocycles. The zero-order valence-corrected chi connectivity index (χ0v) is 74.8. The van der Waals surface area contributed by atoms with Gasteiger partial charge in [0.1, 0.15) is 0 Å². The summed E-state index contributed by atoms with van der Waals surface area (Å²) in [5.41, 5.74) is 45.2. The molecule has 0 amide bonds. The molecule has 4 nitrogen and oxygen atoms in total. The third-order valence-electron chi connectivity index (χ3n) is 27.9. The number of hydrogen-bond acceptors (Lipinski definition) is 1. The van der Waals surface area contributed by atoms with Crippen LogP contribution in [0.2, 0.25) is 0 Å². The SMILES string of the molecule is C1=C(c2ccc3c(c2)c2ccccc2n3-c2ccc(-c3ccc(-c4cccc(-c5cccc(-c6ccccc6)c5)c4)cc3)cc2)CC2C(=C1)N(c1ccc(-c3ccccc3)cc1)c1ccccc12.c1ccc(-c2ccc(-n3c4ccccc4c4cc(-c5ccc6c(c5)c5ccccc5n6-c5cccc(-c6ccc(-c7cccc(-c8cccc(-c9ccccc9)c8)c7)cc6)c5)ccc43)cc2)cc1. The number of nitrogens with zero attached hydrogens (tertiary/aromatic N) is 4. The quantitative estimate of drug-likeness (QED) is 0.0943. The molecule has 4 heterocycles. The number of para-hydroxylation sites is 4. The van der Waals surface area contributed by atoms with Gasteiger partial charge in [0.25, 0.3) is 0 Å². The summed E-state index contributed by atoms with van der Waals surface area (Å²) in [4.78, 5) is 2.46. The molecule has 0 fully saturated rings. The third-order valence-corrected chi connectivity index (χ3v) is 27.9. The summed E-state index contributed by atoms with van der Waals surface area (Å²) < 4.78 is 7.24. The largest absolute Gasteiger partial charge is 0.313 e. The van der Waals surface area contributed by atoms with Gasteiger partial charge in [-0.2, -0.15) is 0 Å². The second-order valence-corrected chi connectivity index (χ2v) is 35.8. The molecular formula is C132H90N4.